The van der Waals surface area contributed by atoms with Crippen molar-refractivity contribution < 1.29 is 4.79 Å². The number of ketones is 1. The third-order valence-corrected chi connectivity index (χ3v) is 4.24. The maximum Gasteiger partial charge on any atom is 0.132 e. The van der Waals surface area contributed by atoms with Gasteiger partial charge in [0.15, 0.2) is 0 Å². The van der Waals surface area contributed by atoms with E-state index >= 15 is 0 Å². The Morgan fingerprint density at radius 1 is 0.789 bits per heavy atom. The van der Waals surface area contributed by atoms with Gasteiger partial charge in [-0.15, -0.1) is 0 Å². The highest BCUT2D eigenvalue weighted by molar-refractivity contribution is 5.77. The van der Waals surface area contributed by atoms with E-state index in [1.807, 2.05) is 6.92 Å². The van der Waals surface area contributed by atoms with Crippen molar-refractivity contribution in [3.63, 3.8) is 0 Å². The first-order chi connectivity index (χ1) is 9.10. The second-order valence-electron chi connectivity index (χ2n) is 6.42. The average Bonchev–Trinajstić information content (AvgIpc) is 2.38. The molecule has 1 nitrogen and oxygen atoms in total. The van der Waals surface area contributed by atoms with Crippen molar-refractivity contribution in [3.05, 3.63) is 0 Å². The Bertz CT molecular complexity index is 210. The number of carbonyl (C=O) groups is 1. The molecule has 0 aromatic carbocycles. The Morgan fingerprint density at radius 2 is 1.32 bits per heavy atom. The smallest absolute Gasteiger partial charge is 0.132 e. The van der Waals surface area contributed by atoms with Crippen LogP contribution in [0.15, 0.2) is 0 Å². The van der Waals surface area contributed by atoms with Crippen LogP contribution in [0.25, 0.3) is 0 Å². The lowest BCUT2D eigenvalue weighted by Crippen LogP contribution is -2.01. The number of Topliss-reactive ketones (excluding diaryl/α,β-unsaturated/α-hetero) is 1. The Labute approximate surface area is 121 Å². The van der Waals surface area contributed by atoms with Gasteiger partial charge in [0.1, 0.15) is 5.78 Å². The molecule has 0 fully saturated rings. The van der Waals surface area contributed by atoms with Gasteiger partial charge in [0, 0.05) is 12.8 Å². The van der Waals surface area contributed by atoms with Crippen molar-refractivity contribution in [3.8, 4) is 0 Å². The maximum absolute atomic E-state index is 11.2. The summed E-state index contributed by atoms with van der Waals surface area (Å²) in [6, 6.07) is 0. The van der Waals surface area contributed by atoms with Gasteiger partial charge in [0.05, 0.1) is 0 Å². The van der Waals surface area contributed by atoms with Gasteiger partial charge < -0.3 is 0 Å². The molecule has 2 unspecified atom stereocenters. The number of hydrogen-bond donors (Lipinski definition) is 0. The zero-order valence-electron chi connectivity index (χ0n) is 13.8. The number of unbranched alkanes of at least 4 members (excludes halogenated alkanes) is 2. The molecule has 0 aliphatic heterocycles. The summed E-state index contributed by atoms with van der Waals surface area (Å²) < 4.78 is 0. The van der Waals surface area contributed by atoms with Crippen molar-refractivity contribution in [1.82, 2.24) is 0 Å². The zero-order valence-corrected chi connectivity index (χ0v) is 13.8. The molecule has 0 heterocycles. The Kier molecular flexibility index (Phi) is 12.5. The fourth-order valence-electron chi connectivity index (χ4n) is 2.67. The summed E-state index contributed by atoms with van der Waals surface area (Å²) in [5.74, 6) is 2.13. The number of hydrogen-bond acceptors (Lipinski definition) is 1. The molecule has 0 aliphatic rings. The molecule has 0 amide bonds. The molecule has 2 atom stereocenters. The van der Waals surface area contributed by atoms with E-state index in [4.69, 9.17) is 0 Å². The van der Waals surface area contributed by atoms with Gasteiger partial charge in [-0.3, -0.25) is 4.79 Å². The van der Waals surface area contributed by atoms with Crippen LogP contribution in [0.5, 0.6) is 0 Å². The first-order valence-electron chi connectivity index (χ1n) is 8.61. The van der Waals surface area contributed by atoms with Crippen LogP contribution in [0, 0.1) is 11.8 Å². The molecule has 0 saturated carbocycles. The summed E-state index contributed by atoms with van der Waals surface area (Å²) in [4.78, 5) is 11.2. The van der Waals surface area contributed by atoms with Crippen molar-refractivity contribution in [2.24, 2.45) is 11.8 Å². The number of carbonyl (C=O) groups excluding carboxylic acids is 1. The molecule has 0 aliphatic carbocycles. The van der Waals surface area contributed by atoms with Crippen molar-refractivity contribution in [2.75, 3.05) is 0 Å². The highest BCUT2D eigenvalue weighted by atomic mass is 16.1. The molecule has 0 spiro atoms. The predicted octanol–water partition coefficient (Wildman–Crippen LogP) is 6.16. The predicted molar refractivity (Wildman–Crippen MR) is 85.5 cm³/mol. The SMILES string of the molecule is CCCCCC(C)CCCC(C)CCCC(=O)CC. The topological polar surface area (TPSA) is 17.1 Å². The molecule has 19 heavy (non-hydrogen) atoms. The van der Waals surface area contributed by atoms with Gasteiger partial charge >= 0.3 is 0 Å². The van der Waals surface area contributed by atoms with Crippen LogP contribution in [0.4, 0.5) is 0 Å². The molecule has 0 bridgehead atoms. The minimum absolute atomic E-state index is 0.428. The third-order valence-electron chi connectivity index (χ3n) is 4.24. The van der Waals surface area contributed by atoms with Crippen LogP contribution < -0.4 is 0 Å². The van der Waals surface area contributed by atoms with Gasteiger partial charge in [0.2, 0.25) is 0 Å². The first kappa shape index (κ1) is 18.7. The summed E-state index contributed by atoms with van der Waals surface area (Å²) >= 11 is 0. The van der Waals surface area contributed by atoms with E-state index < -0.39 is 0 Å². The second kappa shape index (κ2) is 12.7. The van der Waals surface area contributed by atoms with E-state index in [1.54, 1.807) is 0 Å². The quantitative estimate of drug-likeness (QED) is 0.366. The fourth-order valence-corrected chi connectivity index (χ4v) is 2.67. The van der Waals surface area contributed by atoms with Gasteiger partial charge in [0.25, 0.3) is 0 Å². The van der Waals surface area contributed by atoms with Crippen LogP contribution in [0.2, 0.25) is 0 Å². The standard InChI is InChI=1S/C18H36O/c1-5-7-8-11-16(3)12-9-13-17(4)14-10-15-18(19)6-2/h16-17H,5-15H2,1-4H3. The summed E-state index contributed by atoms with van der Waals surface area (Å²) in [5, 5.41) is 0. The highest BCUT2D eigenvalue weighted by Gasteiger charge is 2.06. The molecule has 1 heteroatoms. The largest absolute Gasteiger partial charge is 0.300 e. The lowest BCUT2D eigenvalue weighted by Gasteiger charge is -2.14. The Balaban J connectivity index is 3.41. The molecule has 114 valence electrons. The molecule has 0 rings (SSSR count). The Hall–Kier alpha value is -0.330. The van der Waals surface area contributed by atoms with Crippen molar-refractivity contribution >= 4 is 5.78 Å². The Morgan fingerprint density at radius 3 is 1.84 bits per heavy atom. The molecule has 0 radical (unpaired) electrons. The summed E-state index contributed by atoms with van der Waals surface area (Å²) in [6.07, 6.45) is 13.5. The van der Waals surface area contributed by atoms with E-state index in [9.17, 15) is 4.79 Å². The van der Waals surface area contributed by atoms with Gasteiger partial charge in [-0.25, -0.2) is 0 Å². The lowest BCUT2D eigenvalue weighted by molar-refractivity contribution is -0.118. The molecule has 0 N–H and O–H groups in total. The van der Waals surface area contributed by atoms with Crippen molar-refractivity contribution in [1.29, 1.82) is 0 Å². The van der Waals surface area contributed by atoms with Crippen LogP contribution in [0.3, 0.4) is 0 Å². The van der Waals surface area contributed by atoms with E-state index in [0.29, 0.717) is 12.2 Å². The summed E-state index contributed by atoms with van der Waals surface area (Å²) in [6.45, 7) is 8.99. The van der Waals surface area contributed by atoms with Crippen molar-refractivity contribution in [2.45, 2.75) is 98.3 Å². The zero-order chi connectivity index (χ0) is 14.5. The number of rotatable bonds is 13. The normalized spacial score (nSPS) is 14.3. The second-order valence-corrected chi connectivity index (χ2v) is 6.42. The maximum atomic E-state index is 11.2. The first-order valence-corrected chi connectivity index (χ1v) is 8.61. The molecular formula is C18H36O. The van der Waals surface area contributed by atoms with E-state index in [-0.39, 0.29) is 0 Å². The third kappa shape index (κ3) is 12.4. The van der Waals surface area contributed by atoms with Crippen LogP contribution >= 0.6 is 0 Å². The minimum atomic E-state index is 0.428. The summed E-state index contributed by atoms with van der Waals surface area (Å²) in [7, 11) is 0. The molecular weight excluding hydrogens is 232 g/mol. The molecule has 0 saturated heterocycles. The molecule has 0 aromatic heterocycles. The van der Waals surface area contributed by atoms with Crippen LogP contribution in [0.1, 0.15) is 98.3 Å². The monoisotopic (exact) mass is 268 g/mol. The van der Waals surface area contributed by atoms with Gasteiger partial charge in [-0.05, 0) is 18.3 Å². The van der Waals surface area contributed by atoms with E-state index in [2.05, 4.69) is 20.8 Å². The average molecular weight is 268 g/mol. The van der Waals surface area contributed by atoms with Crippen LogP contribution in [-0.2, 0) is 4.79 Å². The van der Waals surface area contributed by atoms with E-state index in [0.717, 1.165) is 24.7 Å². The van der Waals surface area contributed by atoms with Gasteiger partial charge in [-0.2, -0.15) is 0 Å². The lowest BCUT2D eigenvalue weighted by atomic mass is 9.92. The summed E-state index contributed by atoms with van der Waals surface area (Å²) in [5.41, 5.74) is 0. The van der Waals surface area contributed by atoms with E-state index in [1.165, 1.54) is 51.4 Å². The fraction of sp³-hybridized carbons (Fsp3) is 0.944. The van der Waals surface area contributed by atoms with Gasteiger partial charge in [-0.1, -0.05) is 79.1 Å². The molecule has 0 aromatic rings. The highest BCUT2D eigenvalue weighted by Crippen LogP contribution is 2.20. The van der Waals surface area contributed by atoms with Crippen LogP contribution in [-0.4, -0.2) is 5.78 Å². The minimum Gasteiger partial charge on any atom is -0.300 e.